The van der Waals surface area contributed by atoms with Crippen molar-refractivity contribution < 1.29 is 9.53 Å². The minimum Gasteiger partial charge on any atom is -0.383 e. The molecule has 0 heterocycles. The molecule has 1 atom stereocenters. The van der Waals surface area contributed by atoms with E-state index in [1.165, 1.54) is 11.1 Å². The highest BCUT2D eigenvalue weighted by Crippen LogP contribution is 2.13. The van der Waals surface area contributed by atoms with Crippen molar-refractivity contribution in [1.82, 2.24) is 10.6 Å². The molecule has 0 saturated heterocycles. The van der Waals surface area contributed by atoms with Crippen LogP contribution in [0.3, 0.4) is 0 Å². The van der Waals surface area contributed by atoms with Crippen LogP contribution in [0, 0.1) is 6.92 Å². The molecule has 100 valence electrons. The standard InChI is InChI=1S/C14H22N2O2/c1-11-5-4-6-13(9-11)12(2)16-10-14(17)15-7-8-18-3/h4-6,9,12,16H,7-8,10H2,1-3H3,(H,15,17)/t12-/m0/s1. The molecule has 0 fully saturated rings. The van der Waals surface area contributed by atoms with E-state index in [2.05, 4.69) is 42.7 Å². The van der Waals surface area contributed by atoms with Gasteiger partial charge < -0.3 is 15.4 Å². The largest absolute Gasteiger partial charge is 0.383 e. The van der Waals surface area contributed by atoms with Gasteiger partial charge in [0.2, 0.25) is 5.91 Å². The molecule has 0 aliphatic carbocycles. The van der Waals surface area contributed by atoms with Gasteiger partial charge in [0.05, 0.1) is 13.2 Å². The van der Waals surface area contributed by atoms with E-state index < -0.39 is 0 Å². The number of nitrogens with one attached hydrogen (secondary N) is 2. The average Bonchev–Trinajstić information content (AvgIpc) is 2.36. The van der Waals surface area contributed by atoms with Crippen molar-refractivity contribution in [3.05, 3.63) is 35.4 Å². The first-order chi connectivity index (χ1) is 8.63. The zero-order valence-electron chi connectivity index (χ0n) is 11.3. The van der Waals surface area contributed by atoms with Crippen LogP contribution in [0.15, 0.2) is 24.3 Å². The van der Waals surface area contributed by atoms with Crippen LogP contribution in [-0.4, -0.2) is 32.7 Å². The summed E-state index contributed by atoms with van der Waals surface area (Å²) < 4.78 is 4.87. The predicted molar refractivity (Wildman–Crippen MR) is 72.5 cm³/mol. The minimum absolute atomic E-state index is 0.00782. The Morgan fingerprint density at radius 3 is 2.89 bits per heavy atom. The van der Waals surface area contributed by atoms with E-state index in [0.717, 1.165) is 0 Å². The molecule has 0 saturated carbocycles. The molecule has 0 radical (unpaired) electrons. The van der Waals surface area contributed by atoms with E-state index in [0.29, 0.717) is 19.7 Å². The summed E-state index contributed by atoms with van der Waals surface area (Å²) >= 11 is 0. The van der Waals surface area contributed by atoms with Crippen molar-refractivity contribution in [2.24, 2.45) is 0 Å². The average molecular weight is 250 g/mol. The van der Waals surface area contributed by atoms with Gasteiger partial charge in [0, 0.05) is 19.7 Å². The third kappa shape index (κ3) is 5.29. The maximum Gasteiger partial charge on any atom is 0.234 e. The van der Waals surface area contributed by atoms with Crippen molar-refractivity contribution >= 4 is 5.91 Å². The summed E-state index contributed by atoms with van der Waals surface area (Å²) in [6.45, 7) is 5.53. The Bertz CT molecular complexity index is 380. The Morgan fingerprint density at radius 1 is 1.44 bits per heavy atom. The number of carbonyl (C=O) groups is 1. The van der Waals surface area contributed by atoms with Gasteiger partial charge in [0.25, 0.3) is 0 Å². The summed E-state index contributed by atoms with van der Waals surface area (Å²) in [5, 5.41) is 5.98. The van der Waals surface area contributed by atoms with Gasteiger partial charge >= 0.3 is 0 Å². The highest BCUT2D eigenvalue weighted by Gasteiger charge is 2.07. The summed E-state index contributed by atoms with van der Waals surface area (Å²) in [6.07, 6.45) is 0. The van der Waals surface area contributed by atoms with Crippen LogP contribution >= 0.6 is 0 Å². The monoisotopic (exact) mass is 250 g/mol. The van der Waals surface area contributed by atoms with Crippen LogP contribution in [0.4, 0.5) is 0 Å². The number of hydrogen-bond acceptors (Lipinski definition) is 3. The fourth-order valence-electron chi connectivity index (χ4n) is 1.66. The van der Waals surface area contributed by atoms with Crippen LogP contribution in [0.25, 0.3) is 0 Å². The van der Waals surface area contributed by atoms with Crippen LogP contribution in [-0.2, 0) is 9.53 Å². The van der Waals surface area contributed by atoms with Gasteiger partial charge in [-0.1, -0.05) is 29.8 Å². The summed E-state index contributed by atoms with van der Waals surface area (Å²) in [5.74, 6) is -0.00782. The molecule has 0 aromatic heterocycles. The van der Waals surface area contributed by atoms with Gasteiger partial charge in [-0.25, -0.2) is 0 Å². The Balaban J connectivity index is 2.32. The van der Waals surface area contributed by atoms with Gasteiger partial charge in [0.15, 0.2) is 0 Å². The molecule has 4 nitrogen and oxygen atoms in total. The van der Waals surface area contributed by atoms with Crippen LogP contribution < -0.4 is 10.6 Å². The van der Waals surface area contributed by atoms with Crippen molar-refractivity contribution in [1.29, 1.82) is 0 Å². The molecule has 0 spiro atoms. The van der Waals surface area contributed by atoms with Crippen LogP contribution in [0.2, 0.25) is 0 Å². The zero-order valence-corrected chi connectivity index (χ0v) is 11.3. The lowest BCUT2D eigenvalue weighted by Crippen LogP contribution is -2.36. The Labute approximate surface area is 109 Å². The van der Waals surface area contributed by atoms with E-state index in [-0.39, 0.29) is 11.9 Å². The third-order valence-electron chi connectivity index (χ3n) is 2.74. The van der Waals surface area contributed by atoms with Crippen molar-refractivity contribution in [2.75, 3.05) is 26.8 Å². The number of hydrogen-bond donors (Lipinski definition) is 2. The van der Waals surface area contributed by atoms with Gasteiger partial charge in [-0.3, -0.25) is 4.79 Å². The molecule has 0 aliphatic rings. The second-order valence-electron chi connectivity index (χ2n) is 4.36. The smallest absolute Gasteiger partial charge is 0.234 e. The topological polar surface area (TPSA) is 50.4 Å². The van der Waals surface area contributed by atoms with Gasteiger partial charge in [-0.05, 0) is 19.4 Å². The number of amides is 1. The van der Waals surface area contributed by atoms with E-state index in [9.17, 15) is 4.79 Å². The SMILES string of the molecule is COCCNC(=O)CN[C@@H](C)c1cccc(C)c1. The normalized spacial score (nSPS) is 12.2. The summed E-state index contributed by atoms with van der Waals surface area (Å²) in [5.41, 5.74) is 2.42. The van der Waals surface area contributed by atoms with E-state index in [4.69, 9.17) is 4.74 Å². The zero-order chi connectivity index (χ0) is 13.4. The number of carbonyl (C=O) groups excluding carboxylic acids is 1. The molecule has 0 unspecified atom stereocenters. The molecule has 4 heteroatoms. The molecule has 1 rings (SSSR count). The minimum atomic E-state index is -0.00782. The predicted octanol–water partition coefficient (Wildman–Crippen LogP) is 1.41. The first-order valence-electron chi connectivity index (χ1n) is 6.19. The van der Waals surface area contributed by atoms with Crippen molar-refractivity contribution in [3.63, 3.8) is 0 Å². The lowest BCUT2D eigenvalue weighted by Gasteiger charge is -2.14. The molecular formula is C14H22N2O2. The molecule has 0 bridgehead atoms. The number of aryl methyl sites for hydroxylation is 1. The van der Waals surface area contributed by atoms with Gasteiger partial charge in [0.1, 0.15) is 0 Å². The quantitative estimate of drug-likeness (QED) is 0.719. The highest BCUT2D eigenvalue weighted by atomic mass is 16.5. The van der Waals surface area contributed by atoms with Crippen LogP contribution in [0.1, 0.15) is 24.1 Å². The lowest BCUT2D eigenvalue weighted by molar-refractivity contribution is -0.120. The molecule has 1 aromatic rings. The first-order valence-corrected chi connectivity index (χ1v) is 6.19. The summed E-state index contributed by atoms with van der Waals surface area (Å²) in [6, 6.07) is 8.45. The van der Waals surface area contributed by atoms with E-state index in [1.807, 2.05) is 6.07 Å². The Hall–Kier alpha value is -1.39. The fourth-order valence-corrected chi connectivity index (χ4v) is 1.66. The third-order valence-corrected chi connectivity index (χ3v) is 2.74. The first kappa shape index (κ1) is 14.7. The molecule has 18 heavy (non-hydrogen) atoms. The van der Waals surface area contributed by atoms with Crippen LogP contribution in [0.5, 0.6) is 0 Å². The van der Waals surface area contributed by atoms with Crippen molar-refractivity contribution in [3.8, 4) is 0 Å². The molecule has 1 amide bonds. The van der Waals surface area contributed by atoms with Gasteiger partial charge in [-0.15, -0.1) is 0 Å². The summed E-state index contributed by atoms with van der Waals surface area (Å²) in [7, 11) is 1.62. The molecule has 1 aromatic carbocycles. The molecule has 0 aliphatic heterocycles. The van der Waals surface area contributed by atoms with E-state index in [1.54, 1.807) is 7.11 Å². The number of methoxy groups -OCH3 is 1. The Kier molecular flexibility index (Phi) is 6.39. The highest BCUT2D eigenvalue weighted by molar-refractivity contribution is 5.78. The maximum absolute atomic E-state index is 11.5. The number of rotatable bonds is 7. The lowest BCUT2D eigenvalue weighted by atomic mass is 10.1. The second kappa shape index (κ2) is 7.84. The summed E-state index contributed by atoms with van der Waals surface area (Å²) in [4.78, 5) is 11.5. The van der Waals surface area contributed by atoms with Gasteiger partial charge in [-0.2, -0.15) is 0 Å². The molecular weight excluding hydrogens is 228 g/mol. The van der Waals surface area contributed by atoms with E-state index >= 15 is 0 Å². The maximum atomic E-state index is 11.5. The molecule has 2 N–H and O–H groups in total. The fraction of sp³-hybridized carbons (Fsp3) is 0.500. The second-order valence-corrected chi connectivity index (χ2v) is 4.36. The number of ether oxygens (including phenoxy) is 1. The Morgan fingerprint density at radius 2 is 2.22 bits per heavy atom. The number of benzene rings is 1. The van der Waals surface area contributed by atoms with Crippen molar-refractivity contribution in [2.45, 2.75) is 19.9 Å².